The fraction of sp³-hybridized carbons (Fsp3) is 0.741. The summed E-state index contributed by atoms with van der Waals surface area (Å²) in [6.07, 6.45) is 20.1. The molecule has 3 nitrogen and oxygen atoms in total. The zero-order valence-electron chi connectivity index (χ0n) is 19.8. The smallest absolute Gasteiger partial charge is 0.341 e. The van der Waals surface area contributed by atoms with Gasteiger partial charge in [0.25, 0.3) is 0 Å². The van der Waals surface area contributed by atoms with E-state index in [1.807, 2.05) is 18.2 Å². The lowest BCUT2D eigenvalue weighted by atomic mass is 10.1. The molecule has 0 radical (unpaired) electrons. The Morgan fingerprint density at radius 1 is 0.633 bits per heavy atom. The number of ether oxygens (including phenoxy) is 2. The lowest BCUT2D eigenvalue weighted by Gasteiger charge is -2.11. The van der Waals surface area contributed by atoms with Gasteiger partial charge in [0.15, 0.2) is 0 Å². The van der Waals surface area contributed by atoms with E-state index in [-0.39, 0.29) is 5.97 Å². The largest absolute Gasteiger partial charge is 0.493 e. The quantitative estimate of drug-likeness (QED) is 0.157. The molecule has 0 N–H and O–H groups in total. The summed E-state index contributed by atoms with van der Waals surface area (Å²) in [7, 11) is 0. The van der Waals surface area contributed by atoms with Gasteiger partial charge in [0.1, 0.15) is 11.3 Å². The van der Waals surface area contributed by atoms with E-state index in [0.29, 0.717) is 24.5 Å². The Bertz CT molecular complexity index is 527. The van der Waals surface area contributed by atoms with Crippen LogP contribution in [0.3, 0.4) is 0 Å². The predicted octanol–water partition coefficient (Wildman–Crippen LogP) is 8.50. The highest BCUT2D eigenvalue weighted by molar-refractivity contribution is 5.92. The van der Waals surface area contributed by atoms with Gasteiger partial charge in [0.2, 0.25) is 0 Å². The first-order chi connectivity index (χ1) is 14.8. The Morgan fingerprint density at radius 2 is 1.10 bits per heavy atom. The van der Waals surface area contributed by atoms with Crippen LogP contribution in [0.4, 0.5) is 0 Å². The summed E-state index contributed by atoms with van der Waals surface area (Å²) in [5.41, 5.74) is 0.552. The molecule has 0 heterocycles. The third-order valence-corrected chi connectivity index (χ3v) is 5.59. The minimum absolute atomic E-state index is 0.260. The van der Waals surface area contributed by atoms with Gasteiger partial charge in [-0.2, -0.15) is 0 Å². The van der Waals surface area contributed by atoms with Crippen LogP contribution >= 0.6 is 0 Å². The first-order valence-electron chi connectivity index (χ1n) is 12.7. The van der Waals surface area contributed by atoms with E-state index >= 15 is 0 Å². The molecule has 0 amide bonds. The highest BCUT2D eigenvalue weighted by Gasteiger charge is 2.13. The van der Waals surface area contributed by atoms with Crippen LogP contribution in [0.2, 0.25) is 0 Å². The first-order valence-corrected chi connectivity index (χ1v) is 12.7. The van der Waals surface area contributed by atoms with Crippen LogP contribution in [0.25, 0.3) is 0 Å². The third kappa shape index (κ3) is 13.7. The Kier molecular flexibility index (Phi) is 17.2. The molecule has 3 heteroatoms. The summed E-state index contributed by atoms with van der Waals surface area (Å²) < 4.78 is 11.4. The van der Waals surface area contributed by atoms with Gasteiger partial charge >= 0.3 is 5.97 Å². The molecule has 0 saturated carbocycles. The molecule has 1 rings (SSSR count). The van der Waals surface area contributed by atoms with E-state index < -0.39 is 0 Å². The summed E-state index contributed by atoms with van der Waals surface area (Å²) in [6, 6.07) is 7.46. The molecule has 1 aromatic carbocycles. The molecular formula is C27H46O3. The molecule has 0 saturated heterocycles. The lowest BCUT2D eigenvalue weighted by Crippen LogP contribution is -2.09. The molecule has 0 bridgehead atoms. The Hall–Kier alpha value is -1.51. The summed E-state index contributed by atoms with van der Waals surface area (Å²) in [5, 5.41) is 0. The molecule has 0 aliphatic rings. The zero-order chi connectivity index (χ0) is 21.7. The average Bonchev–Trinajstić information content (AvgIpc) is 2.77. The van der Waals surface area contributed by atoms with Crippen LogP contribution in [0, 0.1) is 0 Å². The Balaban J connectivity index is 2.15. The highest BCUT2D eigenvalue weighted by Crippen LogP contribution is 2.20. The maximum absolute atomic E-state index is 12.4. The number of hydrogen-bond donors (Lipinski definition) is 0. The van der Waals surface area contributed by atoms with Gasteiger partial charge in [-0.3, -0.25) is 0 Å². The van der Waals surface area contributed by atoms with Gasteiger partial charge < -0.3 is 9.47 Å². The monoisotopic (exact) mass is 418 g/mol. The van der Waals surface area contributed by atoms with E-state index in [0.717, 1.165) is 19.3 Å². The molecule has 0 aliphatic carbocycles. The summed E-state index contributed by atoms with van der Waals surface area (Å²) in [4.78, 5) is 12.4. The van der Waals surface area contributed by atoms with Crippen LogP contribution < -0.4 is 4.74 Å². The first kappa shape index (κ1) is 26.5. The molecule has 172 valence electrons. The van der Waals surface area contributed by atoms with Gasteiger partial charge in [0.05, 0.1) is 13.2 Å². The van der Waals surface area contributed by atoms with Crippen LogP contribution in [0.1, 0.15) is 127 Å². The van der Waals surface area contributed by atoms with Crippen molar-refractivity contribution in [2.75, 3.05) is 13.2 Å². The van der Waals surface area contributed by atoms with Crippen molar-refractivity contribution in [3.05, 3.63) is 29.8 Å². The van der Waals surface area contributed by atoms with Gasteiger partial charge in [-0.25, -0.2) is 4.79 Å². The highest BCUT2D eigenvalue weighted by atomic mass is 16.5. The Morgan fingerprint density at radius 3 is 1.67 bits per heavy atom. The molecule has 30 heavy (non-hydrogen) atoms. The van der Waals surface area contributed by atoms with Crippen molar-refractivity contribution in [1.29, 1.82) is 0 Å². The van der Waals surface area contributed by atoms with Crippen molar-refractivity contribution in [2.24, 2.45) is 0 Å². The maximum atomic E-state index is 12.4. The predicted molar refractivity (Wildman–Crippen MR) is 127 cm³/mol. The number of carbonyl (C=O) groups is 1. The van der Waals surface area contributed by atoms with E-state index in [4.69, 9.17) is 9.47 Å². The van der Waals surface area contributed by atoms with E-state index in [9.17, 15) is 4.79 Å². The molecule has 0 fully saturated rings. The molecule has 0 spiro atoms. The second kappa shape index (κ2) is 19.5. The van der Waals surface area contributed by atoms with Gasteiger partial charge in [0, 0.05) is 0 Å². The Labute approximate surface area is 185 Å². The van der Waals surface area contributed by atoms with Crippen LogP contribution in [-0.2, 0) is 4.74 Å². The number of esters is 1. The van der Waals surface area contributed by atoms with Gasteiger partial charge in [-0.1, -0.05) is 116 Å². The van der Waals surface area contributed by atoms with E-state index in [2.05, 4.69) is 13.8 Å². The van der Waals surface area contributed by atoms with E-state index in [1.165, 1.54) is 83.5 Å². The molecule has 0 unspecified atom stereocenters. The minimum Gasteiger partial charge on any atom is -0.493 e. The molecule has 0 aromatic heterocycles. The zero-order valence-corrected chi connectivity index (χ0v) is 19.8. The second-order valence-electron chi connectivity index (χ2n) is 8.43. The second-order valence-corrected chi connectivity index (χ2v) is 8.43. The molecule has 0 atom stereocenters. The average molecular weight is 419 g/mol. The summed E-state index contributed by atoms with van der Waals surface area (Å²) >= 11 is 0. The van der Waals surface area contributed by atoms with Crippen LogP contribution in [0.5, 0.6) is 5.75 Å². The van der Waals surface area contributed by atoms with Crippen molar-refractivity contribution in [3.8, 4) is 5.75 Å². The van der Waals surface area contributed by atoms with Crippen molar-refractivity contribution < 1.29 is 14.3 Å². The third-order valence-electron chi connectivity index (χ3n) is 5.59. The fourth-order valence-electron chi connectivity index (χ4n) is 3.66. The van der Waals surface area contributed by atoms with Crippen molar-refractivity contribution in [3.63, 3.8) is 0 Å². The SMILES string of the molecule is CCCCCCCCCCOC(=O)c1ccccc1OCCCCCCCCCC. The van der Waals surface area contributed by atoms with Crippen LogP contribution in [0.15, 0.2) is 24.3 Å². The van der Waals surface area contributed by atoms with Crippen molar-refractivity contribution >= 4 is 5.97 Å². The molecule has 0 aliphatic heterocycles. The number of carbonyl (C=O) groups excluding carboxylic acids is 1. The molecule has 1 aromatic rings. The number of unbranched alkanes of at least 4 members (excludes halogenated alkanes) is 14. The summed E-state index contributed by atoms with van der Waals surface area (Å²) in [6.45, 7) is 5.66. The standard InChI is InChI=1S/C27H46O3/c1-3-5-7-9-11-13-15-19-23-29-26-22-18-17-21-25(26)27(28)30-24-20-16-14-12-10-8-6-4-2/h17-18,21-22H,3-16,19-20,23-24H2,1-2H3. The fourth-order valence-corrected chi connectivity index (χ4v) is 3.66. The molecular weight excluding hydrogens is 372 g/mol. The normalized spacial score (nSPS) is 10.9. The summed E-state index contributed by atoms with van der Waals surface area (Å²) in [5.74, 6) is 0.394. The van der Waals surface area contributed by atoms with Gasteiger partial charge in [-0.05, 0) is 25.0 Å². The lowest BCUT2D eigenvalue weighted by molar-refractivity contribution is 0.0493. The van der Waals surface area contributed by atoms with E-state index in [1.54, 1.807) is 6.07 Å². The number of benzene rings is 1. The van der Waals surface area contributed by atoms with Crippen LogP contribution in [-0.4, -0.2) is 19.2 Å². The number of rotatable bonds is 20. The number of para-hydroxylation sites is 1. The minimum atomic E-state index is -0.260. The van der Waals surface area contributed by atoms with Crippen molar-refractivity contribution in [2.45, 2.75) is 117 Å². The maximum Gasteiger partial charge on any atom is 0.341 e. The number of hydrogen-bond acceptors (Lipinski definition) is 3. The van der Waals surface area contributed by atoms with Gasteiger partial charge in [-0.15, -0.1) is 0 Å². The van der Waals surface area contributed by atoms with Crippen molar-refractivity contribution in [1.82, 2.24) is 0 Å². The topological polar surface area (TPSA) is 35.5 Å².